The van der Waals surface area contributed by atoms with Gasteiger partial charge in [-0.05, 0) is 31.9 Å². The van der Waals surface area contributed by atoms with Crippen LogP contribution in [0, 0.1) is 12.8 Å². The van der Waals surface area contributed by atoms with E-state index in [1.807, 2.05) is 25.1 Å². The standard InChI is InChI=1S/C20H25N3O2/c1-14-8-9-16(19-21-10-5-11-22-19)17(12-14)20(25)23-18-7-4-2-3-6-15(18)13-24/h5,8-12,15,18,24H,2-4,6-7,13H2,1H3,(H,23,25). The Kier molecular flexibility index (Phi) is 5.76. The molecule has 1 fully saturated rings. The van der Waals surface area contributed by atoms with E-state index in [9.17, 15) is 9.90 Å². The molecule has 0 bridgehead atoms. The quantitative estimate of drug-likeness (QED) is 0.839. The predicted molar refractivity (Wildman–Crippen MR) is 97.1 cm³/mol. The Balaban J connectivity index is 1.87. The summed E-state index contributed by atoms with van der Waals surface area (Å²) in [4.78, 5) is 21.6. The number of nitrogens with one attached hydrogen (secondary N) is 1. The van der Waals surface area contributed by atoms with E-state index in [1.54, 1.807) is 18.5 Å². The van der Waals surface area contributed by atoms with Crippen molar-refractivity contribution in [3.8, 4) is 11.4 Å². The van der Waals surface area contributed by atoms with Gasteiger partial charge in [-0.25, -0.2) is 9.97 Å². The third-order valence-electron chi connectivity index (χ3n) is 4.94. The van der Waals surface area contributed by atoms with Crippen LogP contribution in [-0.4, -0.2) is 33.6 Å². The largest absolute Gasteiger partial charge is 0.396 e. The smallest absolute Gasteiger partial charge is 0.252 e. The highest BCUT2D eigenvalue weighted by atomic mass is 16.3. The average molecular weight is 339 g/mol. The number of aliphatic hydroxyl groups excluding tert-OH is 1. The first-order chi connectivity index (χ1) is 12.2. The van der Waals surface area contributed by atoms with Gasteiger partial charge in [0.25, 0.3) is 5.91 Å². The molecular weight excluding hydrogens is 314 g/mol. The lowest BCUT2D eigenvalue weighted by atomic mass is 9.94. The van der Waals surface area contributed by atoms with E-state index < -0.39 is 0 Å². The van der Waals surface area contributed by atoms with Gasteiger partial charge in [0.2, 0.25) is 0 Å². The van der Waals surface area contributed by atoms with Crippen LogP contribution >= 0.6 is 0 Å². The molecule has 2 aromatic rings. The number of amides is 1. The molecule has 0 spiro atoms. The molecule has 2 atom stereocenters. The number of benzene rings is 1. The number of aryl methyl sites for hydroxylation is 1. The zero-order valence-electron chi connectivity index (χ0n) is 14.6. The van der Waals surface area contributed by atoms with Crippen LogP contribution in [0.1, 0.15) is 48.0 Å². The summed E-state index contributed by atoms with van der Waals surface area (Å²) in [6.45, 7) is 2.09. The summed E-state index contributed by atoms with van der Waals surface area (Å²) in [7, 11) is 0. The van der Waals surface area contributed by atoms with Crippen molar-refractivity contribution in [2.45, 2.75) is 45.1 Å². The summed E-state index contributed by atoms with van der Waals surface area (Å²) in [5, 5.41) is 12.8. The number of rotatable bonds is 4. The van der Waals surface area contributed by atoms with Crippen molar-refractivity contribution in [3.63, 3.8) is 0 Å². The zero-order valence-corrected chi connectivity index (χ0v) is 14.6. The number of aliphatic hydroxyl groups is 1. The van der Waals surface area contributed by atoms with E-state index in [0.717, 1.165) is 43.2 Å². The van der Waals surface area contributed by atoms with E-state index in [-0.39, 0.29) is 24.5 Å². The van der Waals surface area contributed by atoms with Crippen molar-refractivity contribution in [1.29, 1.82) is 0 Å². The molecule has 1 aliphatic rings. The van der Waals surface area contributed by atoms with Crippen molar-refractivity contribution < 1.29 is 9.90 Å². The van der Waals surface area contributed by atoms with Crippen molar-refractivity contribution in [2.24, 2.45) is 5.92 Å². The molecule has 2 unspecified atom stereocenters. The van der Waals surface area contributed by atoms with Crippen LogP contribution < -0.4 is 5.32 Å². The van der Waals surface area contributed by atoms with Gasteiger partial charge in [-0.2, -0.15) is 0 Å². The maximum Gasteiger partial charge on any atom is 0.252 e. The van der Waals surface area contributed by atoms with E-state index in [1.165, 1.54) is 0 Å². The first-order valence-corrected chi connectivity index (χ1v) is 8.99. The number of carbonyl (C=O) groups excluding carboxylic acids is 1. The van der Waals surface area contributed by atoms with Crippen molar-refractivity contribution in [1.82, 2.24) is 15.3 Å². The molecule has 0 aliphatic heterocycles. The van der Waals surface area contributed by atoms with E-state index in [0.29, 0.717) is 11.4 Å². The van der Waals surface area contributed by atoms with Crippen LogP contribution in [0.2, 0.25) is 0 Å². The fourth-order valence-corrected chi connectivity index (χ4v) is 3.52. The maximum absolute atomic E-state index is 13.0. The molecule has 1 heterocycles. The van der Waals surface area contributed by atoms with Crippen molar-refractivity contribution in [3.05, 3.63) is 47.8 Å². The minimum Gasteiger partial charge on any atom is -0.396 e. The first-order valence-electron chi connectivity index (χ1n) is 8.99. The van der Waals surface area contributed by atoms with E-state index in [4.69, 9.17) is 0 Å². The van der Waals surface area contributed by atoms with Gasteiger partial charge in [-0.15, -0.1) is 0 Å². The number of nitrogens with zero attached hydrogens (tertiary/aromatic N) is 2. The van der Waals surface area contributed by atoms with E-state index in [2.05, 4.69) is 15.3 Å². The van der Waals surface area contributed by atoms with Crippen LogP contribution in [0.4, 0.5) is 0 Å². The third kappa shape index (κ3) is 4.23. The Morgan fingerprint density at radius 1 is 1.20 bits per heavy atom. The lowest BCUT2D eigenvalue weighted by molar-refractivity contribution is 0.0900. The van der Waals surface area contributed by atoms with Crippen LogP contribution in [0.5, 0.6) is 0 Å². The second-order valence-electron chi connectivity index (χ2n) is 6.78. The van der Waals surface area contributed by atoms with Crippen molar-refractivity contribution >= 4 is 5.91 Å². The fourth-order valence-electron chi connectivity index (χ4n) is 3.52. The van der Waals surface area contributed by atoms with Gasteiger partial charge in [-0.3, -0.25) is 4.79 Å². The number of carbonyl (C=O) groups is 1. The summed E-state index contributed by atoms with van der Waals surface area (Å²) in [5.41, 5.74) is 2.34. The molecule has 1 aliphatic carbocycles. The highest BCUT2D eigenvalue weighted by Crippen LogP contribution is 2.25. The fraction of sp³-hybridized carbons (Fsp3) is 0.450. The Hall–Kier alpha value is -2.27. The molecule has 25 heavy (non-hydrogen) atoms. The van der Waals surface area contributed by atoms with Crippen molar-refractivity contribution in [2.75, 3.05) is 6.61 Å². The Bertz CT molecular complexity index is 718. The van der Waals surface area contributed by atoms with Crippen LogP contribution in [0.25, 0.3) is 11.4 Å². The lowest BCUT2D eigenvalue weighted by Crippen LogP contribution is -2.41. The Morgan fingerprint density at radius 3 is 2.72 bits per heavy atom. The SMILES string of the molecule is Cc1ccc(-c2ncccn2)c(C(=O)NC2CCCCCC2CO)c1. The molecule has 1 amide bonds. The molecule has 1 saturated carbocycles. The molecule has 5 nitrogen and oxygen atoms in total. The Morgan fingerprint density at radius 2 is 1.96 bits per heavy atom. The van der Waals surface area contributed by atoms with Gasteiger partial charge in [-0.1, -0.05) is 37.0 Å². The molecule has 132 valence electrons. The van der Waals surface area contributed by atoms with Gasteiger partial charge in [0.1, 0.15) is 0 Å². The highest BCUT2D eigenvalue weighted by Gasteiger charge is 2.26. The maximum atomic E-state index is 13.0. The Labute approximate surface area is 148 Å². The molecule has 0 saturated heterocycles. The number of aromatic nitrogens is 2. The second-order valence-corrected chi connectivity index (χ2v) is 6.78. The van der Waals surface area contributed by atoms with Gasteiger partial charge in [0, 0.05) is 36.5 Å². The summed E-state index contributed by atoms with van der Waals surface area (Å²) in [6.07, 6.45) is 8.60. The van der Waals surface area contributed by atoms with Crippen LogP contribution in [0.3, 0.4) is 0 Å². The summed E-state index contributed by atoms with van der Waals surface area (Å²) in [5.74, 6) is 0.566. The monoisotopic (exact) mass is 339 g/mol. The van der Waals surface area contributed by atoms with Gasteiger partial charge in [0.05, 0.1) is 5.56 Å². The molecule has 2 N–H and O–H groups in total. The average Bonchev–Trinajstić information content (AvgIpc) is 2.87. The third-order valence-corrected chi connectivity index (χ3v) is 4.94. The van der Waals surface area contributed by atoms with Crippen LogP contribution in [0.15, 0.2) is 36.7 Å². The molecular formula is C20H25N3O2. The molecule has 0 radical (unpaired) electrons. The minimum atomic E-state index is -0.114. The molecule has 1 aromatic carbocycles. The van der Waals surface area contributed by atoms with Gasteiger partial charge in [0.15, 0.2) is 5.82 Å². The van der Waals surface area contributed by atoms with Gasteiger partial charge < -0.3 is 10.4 Å². The zero-order chi connectivity index (χ0) is 17.6. The summed E-state index contributed by atoms with van der Waals surface area (Å²) >= 11 is 0. The predicted octanol–water partition coefficient (Wildman–Crippen LogP) is 3.12. The number of hydrogen-bond acceptors (Lipinski definition) is 4. The van der Waals surface area contributed by atoms with Crippen LogP contribution in [-0.2, 0) is 0 Å². The second kappa shape index (κ2) is 8.21. The normalized spacial score (nSPS) is 20.7. The first kappa shape index (κ1) is 17.5. The van der Waals surface area contributed by atoms with E-state index >= 15 is 0 Å². The summed E-state index contributed by atoms with van der Waals surface area (Å²) < 4.78 is 0. The van der Waals surface area contributed by atoms with Gasteiger partial charge >= 0.3 is 0 Å². The molecule has 5 heteroatoms. The number of hydrogen-bond donors (Lipinski definition) is 2. The minimum absolute atomic E-state index is 0.0186. The highest BCUT2D eigenvalue weighted by molar-refractivity contribution is 6.00. The molecule has 3 rings (SSSR count). The topological polar surface area (TPSA) is 75.1 Å². The lowest BCUT2D eigenvalue weighted by Gasteiger charge is -2.25. The summed E-state index contributed by atoms with van der Waals surface area (Å²) in [6, 6.07) is 7.52. The molecule has 1 aromatic heterocycles.